The molecule has 9 aromatic carbocycles. The summed E-state index contributed by atoms with van der Waals surface area (Å²) in [4.78, 5) is 44.9. The Morgan fingerprint density at radius 2 is 0.639 bits per heavy atom. The molecule has 0 spiro atoms. The topological polar surface area (TPSA) is 121 Å². The number of nitrogens with zero attached hydrogens (tertiary/aromatic N) is 12. The Morgan fingerprint density at radius 3 is 0.986 bits per heavy atom. The molecule has 0 N–H and O–H groups in total. The van der Waals surface area contributed by atoms with Crippen molar-refractivity contribution in [1.82, 2.24) is 29.9 Å². The van der Waals surface area contributed by atoms with E-state index in [4.69, 9.17) is 39.7 Å². The van der Waals surface area contributed by atoms with Gasteiger partial charge in [0.2, 0.25) is 11.0 Å². The molecule has 12 heteroatoms. The van der Waals surface area contributed by atoms with E-state index >= 15 is 0 Å². The summed E-state index contributed by atoms with van der Waals surface area (Å²) in [6.07, 6.45) is 0. The second kappa shape index (κ2) is 17.6. The third kappa shape index (κ3) is 6.97. The lowest BCUT2D eigenvalue weighted by Crippen LogP contribution is -2.11. The second-order valence-corrected chi connectivity index (χ2v) is 16.6. The number of nitriles is 1. The Balaban J connectivity index is 1.22. The van der Waals surface area contributed by atoms with Gasteiger partial charge in [-0.3, -0.25) is 0 Å². The van der Waals surface area contributed by atoms with Gasteiger partial charge in [-0.25, -0.2) is 15.0 Å². The van der Waals surface area contributed by atoms with Crippen LogP contribution in [-0.2, 0) is 0 Å². The lowest BCUT2D eigenvalue weighted by molar-refractivity contribution is 1.24. The summed E-state index contributed by atoms with van der Waals surface area (Å²) in [5.41, 5.74) is 8.98. The molecule has 3 heterocycles. The summed E-state index contributed by atoms with van der Waals surface area (Å²) in [5, 5.41) is 13.9. The Kier molecular flexibility index (Phi) is 10.4. The second-order valence-electron chi connectivity index (χ2n) is 16.6. The predicted molar refractivity (Wildman–Crippen MR) is 284 cm³/mol. The number of rotatable bonds is 8. The molecule has 72 heavy (non-hydrogen) atoms. The Morgan fingerprint density at radius 1 is 0.333 bits per heavy atom. The van der Waals surface area contributed by atoms with Crippen LogP contribution in [0.3, 0.4) is 0 Å². The highest BCUT2D eigenvalue weighted by atomic mass is 15.2. The van der Waals surface area contributed by atoms with Crippen LogP contribution in [0.25, 0.3) is 91.7 Å². The molecule has 0 saturated carbocycles. The van der Waals surface area contributed by atoms with E-state index in [1.54, 1.807) is 0 Å². The van der Waals surface area contributed by atoms with Crippen LogP contribution in [-0.4, -0.2) is 29.9 Å². The van der Waals surface area contributed by atoms with Crippen molar-refractivity contribution in [3.8, 4) is 28.6 Å². The number of hydrogen-bond acceptors (Lipinski definition) is 9. The average molecular weight is 921 g/mol. The maximum atomic E-state index is 10.3. The van der Waals surface area contributed by atoms with Crippen molar-refractivity contribution in [2.24, 2.45) is 0 Å². The van der Waals surface area contributed by atoms with Gasteiger partial charge in [0.15, 0.2) is 5.69 Å². The van der Waals surface area contributed by atoms with Crippen molar-refractivity contribution in [2.75, 3.05) is 9.80 Å². The fourth-order valence-corrected chi connectivity index (χ4v) is 9.48. The largest absolute Gasteiger partial charge is 0.370 e. The van der Waals surface area contributed by atoms with E-state index in [2.05, 4.69) is 131 Å². The molecule has 0 aliphatic heterocycles. The van der Waals surface area contributed by atoms with Crippen LogP contribution in [0.1, 0.15) is 5.69 Å². The normalized spacial score (nSPS) is 11.0. The first-order valence-corrected chi connectivity index (χ1v) is 22.7. The molecule has 12 rings (SSSR count). The van der Waals surface area contributed by atoms with Crippen molar-refractivity contribution in [3.63, 3.8) is 0 Å². The van der Waals surface area contributed by atoms with Gasteiger partial charge < -0.3 is 24.3 Å². The summed E-state index contributed by atoms with van der Waals surface area (Å²) >= 11 is 0. The van der Waals surface area contributed by atoms with Gasteiger partial charge in [0, 0.05) is 44.6 Å². The highest BCUT2D eigenvalue weighted by Gasteiger charge is 2.30. The minimum absolute atomic E-state index is 0.0997. The molecule has 0 aliphatic carbocycles. The van der Waals surface area contributed by atoms with Crippen LogP contribution in [0.5, 0.6) is 0 Å². The SMILES string of the molecule is [C-]#[N+]c1nc2c(nc1C#N)c1nc(-c3ccc(N(c4ccccc4)c4ccccc4)c4ccccc34)c(-c3ccc(N(c4ccccc4)c4ccccc4)c4ccccc34)nc1c1nc([N+]#[C-])c([N+]#[C-])nc21. The van der Waals surface area contributed by atoms with Gasteiger partial charge in [-0.05, 0) is 83.6 Å². The molecule has 0 saturated heterocycles. The van der Waals surface area contributed by atoms with Crippen molar-refractivity contribution in [3.05, 3.63) is 234 Å². The monoisotopic (exact) mass is 920 g/mol. The van der Waals surface area contributed by atoms with Crippen molar-refractivity contribution >= 4 is 106 Å². The Hall–Kier alpha value is -10.9. The summed E-state index contributed by atoms with van der Waals surface area (Å²) in [6.45, 7) is 23.8. The van der Waals surface area contributed by atoms with Crippen LogP contribution in [0, 0.1) is 31.0 Å². The molecule has 0 fully saturated rings. The first-order valence-electron chi connectivity index (χ1n) is 22.7. The zero-order valence-electron chi connectivity index (χ0n) is 37.8. The molecule has 12 nitrogen and oxygen atoms in total. The van der Waals surface area contributed by atoms with Gasteiger partial charge >= 0.3 is 5.82 Å². The smallest absolute Gasteiger partial charge is 0.307 e. The van der Waals surface area contributed by atoms with Crippen molar-refractivity contribution in [2.45, 2.75) is 0 Å². The summed E-state index contributed by atoms with van der Waals surface area (Å²) < 4.78 is 0. The molecule has 12 aromatic rings. The Labute approximate surface area is 412 Å². The molecule has 332 valence electrons. The molecule has 0 bridgehead atoms. The zero-order chi connectivity index (χ0) is 48.7. The third-order valence-corrected chi connectivity index (χ3v) is 12.6. The van der Waals surface area contributed by atoms with E-state index in [0.29, 0.717) is 11.4 Å². The molecule has 0 aliphatic rings. The van der Waals surface area contributed by atoms with Gasteiger partial charge in [0.05, 0.1) is 22.8 Å². The van der Waals surface area contributed by atoms with E-state index in [0.717, 1.165) is 66.8 Å². The van der Waals surface area contributed by atoms with E-state index in [1.165, 1.54) is 0 Å². The highest BCUT2D eigenvalue weighted by molar-refractivity contribution is 6.21. The summed E-state index contributed by atoms with van der Waals surface area (Å²) in [7, 11) is 0. The number of anilines is 6. The molecule has 0 atom stereocenters. The molecule has 3 aromatic heterocycles. The van der Waals surface area contributed by atoms with Gasteiger partial charge in [-0.2, -0.15) is 5.26 Å². The van der Waals surface area contributed by atoms with E-state index in [-0.39, 0.29) is 56.2 Å². The average Bonchev–Trinajstić information content (AvgIpc) is 3.45. The maximum Gasteiger partial charge on any atom is 0.307 e. The van der Waals surface area contributed by atoms with Gasteiger partial charge in [0.1, 0.15) is 22.6 Å². The first kappa shape index (κ1) is 42.4. The number of hydrogen-bond donors (Lipinski definition) is 0. The number of para-hydroxylation sites is 4. The summed E-state index contributed by atoms with van der Waals surface area (Å²) in [5.74, 6) is -0.712. The fraction of sp³-hybridized carbons (Fsp3) is 0. The van der Waals surface area contributed by atoms with E-state index < -0.39 is 0 Å². The molecule has 0 radical (unpaired) electrons. The highest BCUT2D eigenvalue weighted by Crippen LogP contribution is 2.47. The van der Waals surface area contributed by atoms with Crippen molar-refractivity contribution < 1.29 is 0 Å². The predicted octanol–water partition coefficient (Wildman–Crippen LogP) is 15.6. The van der Waals surface area contributed by atoms with Crippen molar-refractivity contribution in [1.29, 1.82) is 5.26 Å². The van der Waals surface area contributed by atoms with Gasteiger partial charge in [0.25, 0.3) is 17.2 Å². The molecular weight excluding hydrogens is 889 g/mol. The van der Waals surface area contributed by atoms with E-state index in [1.807, 2.05) is 103 Å². The lowest BCUT2D eigenvalue weighted by atomic mass is 9.93. The van der Waals surface area contributed by atoms with Crippen LogP contribution in [0.2, 0.25) is 0 Å². The fourth-order valence-electron chi connectivity index (χ4n) is 9.48. The minimum Gasteiger partial charge on any atom is -0.370 e. The first-order chi connectivity index (χ1) is 35.6. The number of aromatic nitrogens is 6. The number of benzene rings is 9. The zero-order valence-corrected chi connectivity index (χ0v) is 37.8. The maximum absolute atomic E-state index is 10.3. The Bertz CT molecular complexity index is 3970. The van der Waals surface area contributed by atoms with Crippen LogP contribution < -0.4 is 9.80 Å². The lowest BCUT2D eigenvalue weighted by Gasteiger charge is -2.28. The quantitative estimate of drug-likeness (QED) is 0.108. The van der Waals surface area contributed by atoms with Crippen LogP contribution in [0.4, 0.5) is 51.6 Å². The van der Waals surface area contributed by atoms with Crippen LogP contribution in [0.15, 0.2) is 194 Å². The molecule has 0 amide bonds. The minimum atomic E-state index is -0.245. The van der Waals surface area contributed by atoms with E-state index in [9.17, 15) is 5.26 Å². The third-order valence-electron chi connectivity index (χ3n) is 12.6. The molecule has 0 unspecified atom stereocenters. The van der Waals surface area contributed by atoms with Gasteiger partial charge in [-0.1, -0.05) is 141 Å². The van der Waals surface area contributed by atoms with Crippen LogP contribution >= 0.6 is 0 Å². The molecular formula is C60H32N12. The van der Waals surface area contributed by atoms with Gasteiger partial charge in [-0.15, -0.1) is 15.0 Å². The summed E-state index contributed by atoms with van der Waals surface area (Å²) in [6, 6.07) is 67.6. The number of fused-ring (bicyclic) bond motifs is 8. The standard InChI is InChI=1S/C60H32N12/c1-62-58-47(36-61)65-52-53-54(56-57(55(52)68-58)70-60(64-3)59(63-2)69-56)67-51(46-33-35-49(44-31-19-17-29-42(44)46)72(39-24-12-6-13-25-39)40-26-14-7-15-27-40)50(66-53)45-32-34-48(43-30-18-16-28-41(43)45)71(37-20-8-4-9-21-37)38-22-10-5-11-23-38/h4-35H.